The Labute approximate surface area is 142 Å². The number of nitrogens with one attached hydrogen (secondary N) is 2. The summed E-state index contributed by atoms with van der Waals surface area (Å²) in [5, 5.41) is 9.86. The lowest BCUT2D eigenvalue weighted by Crippen LogP contribution is -2.38. The first-order valence-electron chi connectivity index (χ1n) is 7.91. The third kappa shape index (κ3) is 6.19. The van der Waals surface area contributed by atoms with Crippen LogP contribution in [-0.4, -0.2) is 40.2 Å². The third-order valence-corrected chi connectivity index (χ3v) is 3.90. The predicted molar refractivity (Wildman–Crippen MR) is 90.5 cm³/mol. The van der Waals surface area contributed by atoms with Crippen LogP contribution in [0.15, 0.2) is 12.4 Å². The second-order valence-electron chi connectivity index (χ2n) is 5.94. The Morgan fingerprint density at radius 3 is 2.74 bits per heavy atom. The van der Waals surface area contributed by atoms with E-state index in [4.69, 9.17) is 5.73 Å². The molecule has 1 fully saturated rings. The van der Waals surface area contributed by atoms with E-state index in [1.54, 1.807) is 6.20 Å². The van der Waals surface area contributed by atoms with Crippen LogP contribution in [0.4, 0.5) is 0 Å². The van der Waals surface area contributed by atoms with E-state index >= 15 is 0 Å². The molecule has 1 heterocycles. The molecule has 4 N–H and O–H groups in total. The smallest absolute Gasteiger partial charge is 0.254 e. The molecule has 1 aromatic rings. The summed E-state index contributed by atoms with van der Waals surface area (Å²) in [6.07, 6.45) is 8.76. The largest absolute Gasteiger partial charge is 0.352 e. The van der Waals surface area contributed by atoms with Gasteiger partial charge >= 0.3 is 0 Å². The van der Waals surface area contributed by atoms with Crippen LogP contribution in [0.1, 0.15) is 49.4 Å². The van der Waals surface area contributed by atoms with E-state index in [0.29, 0.717) is 12.1 Å². The van der Waals surface area contributed by atoms with Gasteiger partial charge in [0.1, 0.15) is 6.54 Å². The zero-order valence-corrected chi connectivity index (χ0v) is 14.3. The zero-order valence-electron chi connectivity index (χ0n) is 13.5. The van der Waals surface area contributed by atoms with Gasteiger partial charge in [-0.15, -0.1) is 12.4 Å². The molecule has 1 atom stereocenters. The molecule has 2 amide bonds. The summed E-state index contributed by atoms with van der Waals surface area (Å²) in [6, 6.07) is 0.190. The minimum Gasteiger partial charge on any atom is -0.352 e. The maximum absolute atomic E-state index is 12.0. The van der Waals surface area contributed by atoms with Gasteiger partial charge in [0.15, 0.2) is 0 Å². The molecule has 0 unspecified atom stereocenters. The fraction of sp³-hybridized carbons (Fsp3) is 0.667. The second kappa shape index (κ2) is 9.52. The molecule has 0 aromatic carbocycles. The van der Waals surface area contributed by atoms with Crippen molar-refractivity contribution in [3.8, 4) is 0 Å². The minimum absolute atomic E-state index is 0. The first-order chi connectivity index (χ1) is 10.6. The third-order valence-electron chi connectivity index (χ3n) is 3.90. The lowest BCUT2D eigenvalue weighted by atomic mass is 9.95. The Morgan fingerprint density at radius 2 is 2.09 bits per heavy atom. The molecule has 1 aromatic heterocycles. The molecule has 1 aliphatic carbocycles. The van der Waals surface area contributed by atoms with Crippen molar-refractivity contribution in [2.24, 2.45) is 5.73 Å². The van der Waals surface area contributed by atoms with Gasteiger partial charge in [-0.1, -0.05) is 19.3 Å². The molecule has 130 valence electrons. The highest BCUT2D eigenvalue weighted by Crippen LogP contribution is 2.17. The van der Waals surface area contributed by atoms with Gasteiger partial charge in [-0.25, -0.2) is 0 Å². The van der Waals surface area contributed by atoms with Gasteiger partial charge in [0.05, 0.1) is 11.8 Å². The lowest BCUT2D eigenvalue weighted by molar-refractivity contribution is -0.122. The van der Waals surface area contributed by atoms with Crippen LogP contribution >= 0.6 is 12.4 Å². The van der Waals surface area contributed by atoms with Gasteiger partial charge in [0, 0.05) is 24.8 Å². The number of nitrogens with zero attached hydrogens (tertiary/aromatic N) is 2. The first-order valence-corrected chi connectivity index (χ1v) is 7.91. The fourth-order valence-corrected chi connectivity index (χ4v) is 2.60. The molecule has 0 radical (unpaired) electrons. The quantitative estimate of drug-likeness (QED) is 0.712. The Kier molecular flexibility index (Phi) is 8.05. The molecule has 0 bridgehead atoms. The first kappa shape index (κ1) is 19.4. The van der Waals surface area contributed by atoms with E-state index < -0.39 is 0 Å². The Hall–Kier alpha value is -1.60. The van der Waals surface area contributed by atoms with Crippen molar-refractivity contribution in [1.82, 2.24) is 20.4 Å². The minimum atomic E-state index is -0.225. The molecule has 0 aliphatic heterocycles. The van der Waals surface area contributed by atoms with E-state index in [2.05, 4.69) is 15.7 Å². The lowest BCUT2D eigenvalue weighted by Gasteiger charge is -2.22. The average molecular weight is 344 g/mol. The Balaban J connectivity index is 0.00000264. The molecule has 0 spiro atoms. The highest BCUT2D eigenvalue weighted by molar-refractivity contribution is 5.93. The van der Waals surface area contributed by atoms with Gasteiger partial charge in [-0.3, -0.25) is 14.3 Å². The molecular weight excluding hydrogens is 318 g/mol. The highest BCUT2D eigenvalue weighted by atomic mass is 35.5. The number of halogens is 1. The average Bonchev–Trinajstić information content (AvgIpc) is 2.96. The van der Waals surface area contributed by atoms with Crippen LogP contribution < -0.4 is 16.4 Å². The highest BCUT2D eigenvalue weighted by Gasteiger charge is 2.17. The summed E-state index contributed by atoms with van der Waals surface area (Å²) >= 11 is 0. The summed E-state index contributed by atoms with van der Waals surface area (Å²) in [4.78, 5) is 23.9. The van der Waals surface area contributed by atoms with E-state index in [-0.39, 0.29) is 42.8 Å². The normalized spacial score (nSPS) is 16.3. The fourth-order valence-electron chi connectivity index (χ4n) is 2.60. The monoisotopic (exact) mass is 343 g/mol. The van der Waals surface area contributed by atoms with Crippen molar-refractivity contribution in [3.63, 3.8) is 0 Å². The molecule has 1 aliphatic rings. The SMILES string of the molecule is C[C@@H](CN)NC(=O)c1cnn(CC(=O)NC2CCCCC2)c1.Cl. The van der Waals surface area contributed by atoms with E-state index in [1.807, 2.05) is 6.92 Å². The van der Waals surface area contributed by atoms with E-state index in [1.165, 1.54) is 30.1 Å². The van der Waals surface area contributed by atoms with Crippen LogP contribution in [0.2, 0.25) is 0 Å². The predicted octanol–water partition coefficient (Wildman–Crippen LogP) is 0.831. The number of aromatic nitrogens is 2. The molecule has 1 saturated carbocycles. The molecule has 0 saturated heterocycles. The van der Waals surface area contributed by atoms with Crippen molar-refractivity contribution in [3.05, 3.63) is 18.0 Å². The summed E-state index contributed by atoms with van der Waals surface area (Å²) in [5.41, 5.74) is 5.91. The van der Waals surface area contributed by atoms with Crippen molar-refractivity contribution in [2.75, 3.05) is 6.54 Å². The van der Waals surface area contributed by atoms with E-state index in [0.717, 1.165) is 12.8 Å². The van der Waals surface area contributed by atoms with Gasteiger partial charge in [-0.05, 0) is 19.8 Å². The van der Waals surface area contributed by atoms with Gasteiger partial charge < -0.3 is 16.4 Å². The van der Waals surface area contributed by atoms with Gasteiger partial charge in [-0.2, -0.15) is 5.10 Å². The number of hydrogen-bond acceptors (Lipinski definition) is 4. The summed E-state index contributed by atoms with van der Waals surface area (Å²) < 4.78 is 1.49. The zero-order chi connectivity index (χ0) is 15.9. The number of rotatable bonds is 6. The van der Waals surface area contributed by atoms with E-state index in [9.17, 15) is 9.59 Å². The second-order valence-corrected chi connectivity index (χ2v) is 5.94. The van der Waals surface area contributed by atoms with Gasteiger partial charge in [0.25, 0.3) is 5.91 Å². The number of hydrogen-bond donors (Lipinski definition) is 3. The Bertz CT molecular complexity index is 514. The number of amides is 2. The maximum atomic E-state index is 12.0. The molecule has 8 heteroatoms. The van der Waals surface area contributed by atoms with Crippen LogP contribution in [-0.2, 0) is 11.3 Å². The summed E-state index contributed by atoms with van der Waals surface area (Å²) in [7, 11) is 0. The molecule has 7 nitrogen and oxygen atoms in total. The number of carbonyl (C=O) groups is 2. The van der Waals surface area contributed by atoms with Crippen molar-refractivity contribution in [1.29, 1.82) is 0 Å². The van der Waals surface area contributed by atoms with Gasteiger partial charge in [0.2, 0.25) is 5.91 Å². The summed E-state index contributed by atoms with van der Waals surface area (Å²) in [6.45, 7) is 2.35. The number of carbonyl (C=O) groups excluding carboxylic acids is 2. The van der Waals surface area contributed by atoms with Crippen LogP contribution in [0, 0.1) is 0 Å². The maximum Gasteiger partial charge on any atom is 0.254 e. The topological polar surface area (TPSA) is 102 Å². The Morgan fingerprint density at radius 1 is 1.39 bits per heavy atom. The summed E-state index contributed by atoms with van der Waals surface area (Å²) in [5.74, 6) is -0.283. The van der Waals surface area contributed by atoms with Crippen LogP contribution in [0.5, 0.6) is 0 Å². The van der Waals surface area contributed by atoms with Crippen LogP contribution in [0.3, 0.4) is 0 Å². The standard InChI is InChI=1S/C15H25N5O2.ClH/c1-11(7-16)18-15(22)12-8-17-20(9-12)10-14(21)19-13-5-3-2-4-6-13;/h8-9,11,13H,2-7,10,16H2,1H3,(H,18,22)(H,19,21);1H/t11-;/m0./s1. The molecule has 2 rings (SSSR count). The van der Waals surface area contributed by atoms with Crippen LogP contribution in [0.25, 0.3) is 0 Å². The van der Waals surface area contributed by atoms with Crippen molar-refractivity contribution in [2.45, 2.75) is 57.7 Å². The molecule has 23 heavy (non-hydrogen) atoms. The molecular formula is C15H26ClN5O2. The van der Waals surface area contributed by atoms with Crippen molar-refractivity contribution < 1.29 is 9.59 Å². The van der Waals surface area contributed by atoms with Crippen molar-refractivity contribution >= 4 is 24.2 Å². The number of nitrogens with two attached hydrogens (primary N) is 1.